The van der Waals surface area contributed by atoms with E-state index in [1.54, 1.807) is 0 Å². The summed E-state index contributed by atoms with van der Waals surface area (Å²) in [6, 6.07) is 10.3. The number of hydrogen-bond acceptors (Lipinski definition) is 5. The Kier molecular flexibility index (Phi) is 5.80. The highest BCUT2D eigenvalue weighted by molar-refractivity contribution is 7.88. The van der Waals surface area contributed by atoms with Crippen LogP contribution in [0.4, 0.5) is 0 Å². The number of nitrogens with one attached hydrogen (secondary N) is 1. The summed E-state index contributed by atoms with van der Waals surface area (Å²) in [6.07, 6.45) is 8.68. The molecule has 28 heavy (non-hydrogen) atoms. The van der Waals surface area contributed by atoms with Gasteiger partial charge in [0.15, 0.2) is 0 Å². The van der Waals surface area contributed by atoms with Crippen molar-refractivity contribution in [1.29, 1.82) is 0 Å². The number of hydrogen-bond donors (Lipinski definition) is 1. The molecule has 1 aromatic heterocycles. The second kappa shape index (κ2) is 8.31. The van der Waals surface area contributed by atoms with Crippen molar-refractivity contribution in [2.45, 2.75) is 62.6 Å². The molecule has 2 aliphatic rings. The molecule has 1 fully saturated rings. The van der Waals surface area contributed by atoms with Crippen molar-refractivity contribution in [3.63, 3.8) is 0 Å². The highest BCUT2D eigenvalue weighted by atomic mass is 32.2. The van der Waals surface area contributed by atoms with Crippen LogP contribution in [0.2, 0.25) is 0 Å². The van der Waals surface area contributed by atoms with Gasteiger partial charge in [-0.25, -0.2) is 22.8 Å². The van der Waals surface area contributed by atoms with Gasteiger partial charge in [-0.1, -0.05) is 30.3 Å². The predicted octanol–water partition coefficient (Wildman–Crippen LogP) is 2.43. The molecular weight excluding hydrogens is 376 g/mol. The molecule has 0 amide bonds. The summed E-state index contributed by atoms with van der Waals surface area (Å²) in [7, 11) is -3.29. The minimum absolute atomic E-state index is 0.159. The van der Waals surface area contributed by atoms with Crippen molar-refractivity contribution in [3.05, 3.63) is 48.0 Å². The molecule has 8 heteroatoms. The maximum atomic E-state index is 11.8. The van der Waals surface area contributed by atoms with Gasteiger partial charge in [-0.05, 0) is 43.6 Å². The van der Waals surface area contributed by atoms with Gasteiger partial charge >= 0.3 is 0 Å². The van der Waals surface area contributed by atoms with E-state index in [0.717, 1.165) is 31.5 Å². The van der Waals surface area contributed by atoms with Crippen molar-refractivity contribution in [2.24, 2.45) is 0 Å². The third kappa shape index (κ3) is 4.61. The second-order valence-corrected chi connectivity index (χ2v) is 9.72. The molecule has 2 heterocycles. The minimum atomic E-state index is -3.29. The lowest BCUT2D eigenvalue weighted by Crippen LogP contribution is -2.46. The van der Waals surface area contributed by atoms with E-state index >= 15 is 0 Å². The monoisotopic (exact) mass is 404 g/mol. The Labute approximate surface area is 166 Å². The molecule has 0 bridgehead atoms. The molecule has 0 spiro atoms. The van der Waals surface area contributed by atoms with Crippen LogP contribution in [0.15, 0.2) is 36.7 Å². The van der Waals surface area contributed by atoms with Crippen LogP contribution in [0.3, 0.4) is 0 Å². The Morgan fingerprint density at radius 1 is 1.14 bits per heavy atom. The fourth-order valence-electron chi connectivity index (χ4n) is 4.50. The van der Waals surface area contributed by atoms with E-state index in [0.29, 0.717) is 25.4 Å². The lowest BCUT2D eigenvalue weighted by Gasteiger charge is -2.34. The highest BCUT2D eigenvalue weighted by Gasteiger charge is 2.34. The Balaban J connectivity index is 1.36. The van der Waals surface area contributed by atoms with Gasteiger partial charge in [-0.2, -0.15) is 5.10 Å². The van der Waals surface area contributed by atoms with E-state index in [2.05, 4.69) is 45.1 Å². The maximum Gasteiger partial charge on any atom is 0.209 e. The van der Waals surface area contributed by atoms with Crippen LogP contribution in [0.25, 0.3) is 0 Å². The molecule has 0 radical (unpaired) electrons. The van der Waals surface area contributed by atoms with Crippen LogP contribution in [0.1, 0.15) is 55.5 Å². The van der Waals surface area contributed by atoms with Crippen molar-refractivity contribution in [3.8, 4) is 0 Å². The Morgan fingerprint density at radius 3 is 2.61 bits per heavy atom. The van der Waals surface area contributed by atoms with E-state index in [9.17, 15) is 8.42 Å². The summed E-state index contributed by atoms with van der Waals surface area (Å²) in [5, 5.41) is 4.32. The van der Waals surface area contributed by atoms with Gasteiger partial charge in [0.25, 0.3) is 0 Å². The zero-order valence-corrected chi connectivity index (χ0v) is 17.0. The first kappa shape index (κ1) is 19.5. The van der Waals surface area contributed by atoms with Crippen molar-refractivity contribution in [2.75, 3.05) is 12.9 Å². The number of rotatable bonds is 6. The van der Waals surface area contributed by atoms with Crippen LogP contribution >= 0.6 is 0 Å². The van der Waals surface area contributed by atoms with Crippen molar-refractivity contribution >= 4 is 10.0 Å². The largest absolute Gasteiger partial charge is 0.376 e. The number of aromatic nitrogens is 3. The highest BCUT2D eigenvalue weighted by Crippen LogP contribution is 2.34. The Bertz CT molecular complexity index is 876. The number of nitrogens with zero attached hydrogens (tertiary/aromatic N) is 3. The molecule has 7 nitrogen and oxygen atoms in total. The summed E-state index contributed by atoms with van der Waals surface area (Å²) in [4.78, 5) is 4.30. The first-order valence-electron chi connectivity index (χ1n) is 10.0. The molecule has 1 N–H and O–H groups in total. The maximum absolute atomic E-state index is 11.8. The first-order chi connectivity index (χ1) is 13.5. The van der Waals surface area contributed by atoms with Gasteiger partial charge in [0, 0.05) is 12.5 Å². The third-order valence-electron chi connectivity index (χ3n) is 5.92. The molecular formula is C20H28N4O3S. The van der Waals surface area contributed by atoms with Gasteiger partial charge in [0.2, 0.25) is 10.0 Å². The number of benzene rings is 1. The SMILES string of the molecule is CS(=O)(=O)NC1CCc2ncnn2C1CO[C@H]1CC[C@@H](c2ccccc2)CC1. The van der Waals surface area contributed by atoms with E-state index in [1.165, 1.54) is 18.1 Å². The van der Waals surface area contributed by atoms with Crippen LogP contribution < -0.4 is 4.72 Å². The third-order valence-corrected chi connectivity index (χ3v) is 6.65. The average molecular weight is 405 g/mol. The summed E-state index contributed by atoms with van der Waals surface area (Å²) < 4.78 is 34.4. The van der Waals surface area contributed by atoms with Crippen LogP contribution in [-0.4, -0.2) is 48.2 Å². The summed E-state index contributed by atoms with van der Waals surface area (Å²) in [5.41, 5.74) is 1.41. The molecule has 1 aliphatic heterocycles. The quantitative estimate of drug-likeness (QED) is 0.799. The normalized spacial score (nSPS) is 28.0. The van der Waals surface area contributed by atoms with Gasteiger partial charge in [-0.3, -0.25) is 0 Å². The van der Waals surface area contributed by atoms with E-state index in [4.69, 9.17) is 4.74 Å². The molecule has 152 valence electrons. The van der Waals surface area contributed by atoms with Gasteiger partial charge < -0.3 is 4.74 Å². The van der Waals surface area contributed by atoms with Crippen LogP contribution in [-0.2, 0) is 21.2 Å². The average Bonchev–Trinajstić information content (AvgIpc) is 3.16. The Morgan fingerprint density at radius 2 is 1.89 bits per heavy atom. The predicted molar refractivity (Wildman–Crippen MR) is 107 cm³/mol. The topological polar surface area (TPSA) is 86.1 Å². The number of aryl methyl sites for hydroxylation is 1. The Hall–Kier alpha value is -1.77. The van der Waals surface area contributed by atoms with Crippen molar-refractivity contribution < 1.29 is 13.2 Å². The summed E-state index contributed by atoms with van der Waals surface area (Å²) in [5.74, 6) is 1.50. The molecule has 2 aromatic rings. The zero-order chi connectivity index (χ0) is 19.6. The van der Waals surface area contributed by atoms with Crippen LogP contribution in [0, 0.1) is 0 Å². The molecule has 2 atom stereocenters. The van der Waals surface area contributed by atoms with E-state index < -0.39 is 10.0 Å². The van der Waals surface area contributed by atoms with Gasteiger partial charge in [0.1, 0.15) is 12.2 Å². The smallest absolute Gasteiger partial charge is 0.209 e. The van der Waals surface area contributed by atoms with Gasteiger partial charge in [-0.15, -0.1) is 0 Å². The van der Waals surface area contributed by atoms with E-state index in [-0.39, 0.29) is 18.2 Å². The number of ether oxygens (including phenoxy) is 1. The fourth-order valence-corrected chi connectivity index (χ4v) is 5.32. The lowest BCUT2D eigenvalue weighted by molar-refractivity contribution is -0.00347. The fraction of sp³-hybridized carbons (Fsp3) is 0.600. The van der Waals surface area contributed by atoms with E-state index in [1.807, 2.05) is 4.68 Å². The van der Waals surface area contributed by atoms with Crippen LogP contribution in [0.5, 0.6) is 0 Å². The molecule has 0 saturated heterocycles. The zero-order valence-electron chi connectivity index (χ0n) is 16.2. The molecule has 1 aliphatic carbocycles. The molecule has 1 aromatic carbocycles. The minimum Gasteiger partial charge on any atom is -0.376 e. The summed E-state index contributed by atoms with van der Waals surface area (Å²) >= 11 is 0. The second-order valence-electron chi connectivity index (χ2n) is 7.94. The first-order valence-corrected chi connectivity index (χ1v) is 11.9. The lowest BCUT2D eigenvalue weighted by atomic mass is 9.83. The number of sulfonamides is 1. The number of fused-ring (bicyclic) bond motifs is 1. The summed E-state index contributed by atoms with van der Waals surface area (Å²) in [6.45, 7) is 0.449. The molecule has 2 unspecified atom stereocenters. The van der Waals surface area contributed by atoms with Gasteiger partial charge in [0.05, 0.1) is 25.0 Å². The van der Waals surface area contributed by atoms with Crippen molar-refractivity contribution in [1.82, 2.24) is 19.5 Å². The standard InChI is InChI=1S/C20H28N4O3S/c1-28(25,26)23-18-11-12-20-21-14-22-24(20)19(18)13-27-17-9-7-16(8-10-17)15-5-3-2-4-6-15/h2-6,14,16-19,23H,7-13H2,1H3/t16-,17+,18?,19?. The molecule has 4 rings (SSSR count). The molecule has 1 saturated carbocycles.